The van der Waals surface area contributed by atoms with Crippen molar-refractivity contribution in [3.8, 4) is 0 Å². The van der Waals surface area contributed by atoms with E-state index in [1.54, 1.807) is 0 Å². The Kier molecular flexibility index (Phi) is 42.8. The molecule has 0 spiro atoms. The molecule has 0 bridgehead atoms. The van der Waals surface area contributed by atoms with E-state index in [4.69, 9.17) is 19.2 Å². The van der Waals surface area contributed by atoms with E-state index in [9.17, 15) is 0 Å². The average Bonchev–Trinajstić information content (AvgIpc) is 0.722. The molecule has 0 atom stereocenters. The van der Waals surface area contributed by atoms with E-state index in [1.165, 1.54) is 0 Å². The van der Waals surface area contributed by atoms with Crippen molar-refractivity contribution in [2.45, 2.75) is 0 Å². The first-order valence-corrected chi connectivity index (χ1v) is 2.68. The molecule has 0 fully saturated rings. The van der Waals surface area contributed by atoms with E-state index < -0.39 is 9.05 Å². The zero-order valence-corrected chi connectivity index (χ0v) is 5.25. The Morgan fingerprint density at radius 1 is 0.889 bits per heavy atom. The Hall–Kier alpha value is 1.84. The Morgan fingerprint density at radius 2 is 0.889 bits per heavy atom. The largest absolute Gasteiger partial charge is 0.668 e. The minimum atomic E-state index is -4.61. The zero-order valence-electron chi connectivity index (χ0n) is 3.14. The molecule has 5 nitrogen and oxygen atoms in total. The van der Waals surface area contributed by atoms with Crippen molar-refractivity contribution < 1.29 is 41.7 Å². The summed E-state index contributed by atoms with van der Waals surface area (Å²) in [6.45, 7) is 0. The Bertz CT molecular complexity index is 32.4. The molecule has 0 aromatic heterocycles. The molecular formula is H11AlFeMgO5Si. The molecule has 0 amide bonds. The molecule has 0 radical (unpaired) electrons. The standard InChI is InChI=1S/Al.Fe.Mg.H4O4Si.H2O.5H/c;;;1-5(2,3)4;;;;;;/h;;;1-4H;1H2;;;;;. The van der Waals surface area contributed by atoms with Gasteiger partial charge in [0.1, 0.15) is 0 Å². The maximum Gasteiger partial charge on any atom is 0.668 e. The van der Waals surface area contributed by atoms with Gasteiger partial charge in [-0.25, -0.2) is 0 Å². The van der Waals surface area contributed by atoms with Crippen LogP contribution in [0.1, 0.15) is 0 Å². The molecule has 0 aliphatic rings. The van der Waals surface area contributed by atoms with Crippen LogP contribution in [0.3, 0.4) is 0 Å². The Labute approximate surface area is 90.6 Å². The minimum Gasteiger partial charge on any atom is -0.412 e. The zero-order chi connectivity index (χ0) is 4.50. The van der Waals surface area contributed by atoms with Crippen LogP contribution in [-0.4, -0.2) is 74.1 Å². The summed E-state index contributed by atoms with van der Waals surface area (Å²) in [7, 11) is -4.61. The molecule has 0 saturated carbocycles. The van der Waals surface area contributed by atoms with Crippen LogP contribution in [0, 0.1) is 0 Å². The van der Waals surface area contributed by atoms with Crippen LogP contribution >= 0.6 is 0 Å². The molecule has 58 valence electrons. The van der Waals surface area contributed by atoms with Gasteiger partial charge in [0.05, 0.1) is 0 Å². The SMILES string of the molecule is O.O[Si](O)(O)O.[AlH3].[Fe].[MgH2]. The van der Waals surface area contributed by atoms with Gasteiger partial charge in [-0.1, -0.05) is 0 Å². The van der Waals surface area contributed by atoms with Gasteiger partial charge in [0.25, 0.3) is 0 Å². The summed E-state index contributed by atoms with van der Waals surface area (Å²) in [5.41, 5.74) is 0. The first-order chi connectivity index (χ1) is 2.00. The van der Waals surface area contributed by atoms with Crippen molar-refractivity contribution in [2.24, 2.45) is 0 Å². The van der Waals surface area contributed by atoms with Crippen LogP contribution in [0.2, 0.25) is 0 Å². The average molecular weight is 226 g/mol. The van der Waals surface area contributed by atoms with E-state index in [2.05, 4.69) is 0 Å². The van der Waals surface area contributed by atoms with Crippen molar-refractivity contribution in [3.63, 3.8) is 0 Å². The summed E-state index contributed by atoms with van der Waals surface area (Å²) in [6.07, 6.45) is 0. The molecule has 0 aliphatic carbocycles. The van der Waals surface area contributed by atoms with Crippen molar-refractivity contribution in [2.75, 3.05) is 0 Å². The maximum absolute atomic E-state index is 7.33. The smallest absolute Gasteiger partial charge is 0.412 e. The van der Waals surface area contributed by atoms with Gasteiger partial charge in [-0.2, -0.15) is 0 Å². The molecule has 0 aliphatic heterocycles. The quantitative estimate of drug-likeness (QED) is 0.309. The van der Waals surface area contributed by atoms with Crippen LogP contribution in [0.25, 0.3) is 0 Å². The van der Waals surface area contributed by atoms with Gasteiger partial charge in [0.2, 0.25) is 0 Å². The van der Waals surface area contributed by atoms with Gasteiger partial charge in [0, 0.05) is 17.1 Å². The first-order valence-electron chi connectivity index (χ1n) is 0.894. The van der Waals surface area contributed by atoms with Crippen molar-refractivity contribution in [1.29, 1.82) is 0 Å². The maximum atomic E-state index is 7.33. The fourth-order valence-electron chi connectivity index (χ4n) is 0. The second-order valence-corrected chi connectivity index (χ2v) is 1.80. The van der Waals surface area contributed by atoms with E-state index in [-0.39, 0.29) is 63.0 Å². The van der Waals surface area contributed by atoms with E-state index in [0.717, 1.165) is 0 Å². The van der Waals surface area contributed by atoms with Gasteiger partial charge < -0.3 is 24.7 Å². The van der Waals surface area contributed by atoms with Gasteiger partial charge in [0.15, 0.2) is 17.4 Å². The van der Waals surface area contributed by atoms with E-state index in [0.29, 0.717) is 0 Å². The summed E-state index contributed by atoms with van der Waals surface area (Å²) in [5.74, 6) is 0. The first kappa shape index (κ1) is 30.8. The van der Waals surface area contributed by atoms with E-state index in [1.807, 2.05) is 0 Å². The summed E-state index contributed by atoms with van der Waals surface area (Å²) >= 11 is 0. The molecule has 0 unspecified atom stereocenters. The number of hydrogen-bond acceptors (Lipinski definition) is 4. The second kappa shape index (κ2) is 12.5. The topological polar surface area (TPSA) is 112 Å². The molecule has 0 rings (SSSR count). The van der Waals surface area contributed by atoms with Crippen LogP contribution in [0.5, 0.6) is 0 Å². The molecular weight excluding hydrogens is 215 g/mol. The Morgan fingerprint density at radius 3 is 0.889 bits per heavy atom. The molecule has 6 N–H and O–H groups in total. The van der Waals surface area contributed by atoms with Crippen molar-refractivity contribution in [1.82, 2.24) is 0 Å². The fraction of sp³-hybridized carbons (Fsp3) is 0. The minimum absolute atomic E-state index is 0. The molecule has 0 aromatic carbocycles. The number of hydrogen-bond donors (Lipinski definition) is 4. The predicted octanol–water partition coefficient (Wildman–Crippen LogP) is -5.54. The Balaban J connectivity index is -0.0000000133. The summed E-state index contributed by atoms with van der Waals surface area (Å²) in [6, 6.07) is 0. The van der Waals surface area contributed by atoms with Crippen LogP contribution in [0.15, 0.2) is 0 Å². The summed E-state index contributed by atoms with van der Waals surface area (Å²) in [4.78, 5) is 29.3. The normalized spacial score (nSPS) is 6.67. The van der Waals surface area contributed by atoms with Gasteiger partial charge >= 0.3 is 32.1 Å². The van der Waals surface area contributed by atoms with Gasteiger partial charge in [-0.15, -0.1) is 0 Å². The van der Waals surface area contributed by atoms with E-state index >= 15 is 0 Å². The second-order valence-electron chi connectivity index (χ2n) is 0.600. The third-order valence-electron chi connectivity index (χ3n) is 0. The van der Waals surface area contributed by atoms with Crippen LogP contribution < -0.4 is 0 Å². The predicted molar refractivity (Wildman–Crippen MR) is 36.7 cm³/mol. The third kappa shape index (κ3) is 179. The van der Waals surface area contributed by atoms with Crippen molar-refractivity contribution >= 4 is 49.5 Å². The fourth-order valence-corrected chi connectivity index (χ4v) is 0. The molecule has 0 heterocycles. The molecule has 9 heavy (non-hydrogen) atoms. The molecule has 9 heteroatoms. The third-order valence-corrected chi connectivity index (χ3v) is 0. The van der Waals surface area contributed by atoms with Gasteiger partial charge in [-0.05, 0) is 0 Å². The van der Waals surface area contributed by atoms with Crippen molar-refractivity contribution in [3.05, 3.63) is 0 Å². The monoisotopic (exact) mass is 226 g/mol. The van der Waals surface area contributed by atoms with Gasteiger partial charge in [-0.3, -0.25) is 0 Å². The van der Waals surface area contributed by atoms with Crippen LogP contribution in [-0.2, 0) is 17.1 Å². The summed E-state index contributed by atoms with van der Waals surface area (Å²) in [5, 5.41) is 0. The molecule has 0 saturated heterocycles. The summed E-state index contributed by atoms with van der Waals surface area (Å²) < 4.78 is 0. The number of rotatable bonds is 0. The van der Waals surface area contributed by atoms with Crippen LogP contribution in [0.4, 0.5) is 0 Å². The molecule has 0 aromatic rings.